The summed E-state index contributed by atoms with van der Waals surface area (Å²) in [6, 6.07) is 0.988. The van der Waals surface area contributed by atoms with Crippen LogP contribution < -0.4 is 0 Å². The van der Waals surface area contributed by atoms with Crippen LogP contribution in [0.3, 0.4) is 0 Å². The van der Waals surface area contributed by atoms with E-state index in [1.807, 2.05) is 0 Å². The largest absolute Gasteiger partial charge is 0.335 e. The Bertz CT molecular complexity index is 595. The van der Waals surface area contributed by atoms with Gasteiger partial charge in [0.15, 0.2) is 0 Å². The molecule has 4 heteroatoms. The molecule has 4 rings (SSSR count). The summed E-state index contributed by atoms with van der Waals surface area (Å²) in [6.45, 7) is 14.4. The molecule has 4 fully saturated rings. The third-order valence-electron chi connectivity index (χ3n) is 7.44. The van der Waals surface area contributed by atoms with Crippen LogP contribution in [-0.2, 0) is 9.59 Å². The maximum atomic E-state index is 11.8. The fourth-order valence-corrected chi connectivity index (χ4v) is 5.04. The molecule has 144 valence electrons. The second kappa shape index (κ2) is 7.21. The molecule has 0 bridgehead atoms. The number of carbonyl (C=O) groups is 2. The average molecular weight is 359 g/mol. The van der Waals surface area contributed by atoms with Crippen LogP contribution >= 0.6 is 0 Å². The van der Waals surface area contributed by atoms with Gasteiger partial charge in [0.05, 0.1) is 0 Å². The van der Waals surface area contributed by atoms with Crippen molar-refractivity contribution in [2.45, 2.75) is 66.5 Å². The van der Waals surface area contributed by atoms with E-state index in [4.69, 9.17) is 0 Å². The maximum absolute atomic E-state index is 11.8. The number of hydrogen-bond acceptors (Lipinski definition) is 2. The molecule has 0 aliphatic carbocycles. The van der Waals surface area contributed by atoms with Crippen LogP contribution in [0.15, 0.2) is 23.3 Å². The Morgan fingerprint density at radius 3 is 1.35 bits per heavy atom. The maximum Gasteiger partial charge on any atom is 0.226 e. The Morgan fingerprint density at radius 1 is 0.731 bits per heavy atom. The second-order valence-electron chi connectivity index (χ2n) is 8.66. The molecule has 26 heavy (non-hydrogen) atoms. The minimum absolute atomic E-state index is 0.239. The summed E-state index contributed by atoms with van der Waals surface area (Å²) in [7, 11) is 0. The molecular weight excluding hydrogens is 324 g/mol. The highest BCUT2D eigenvalue weighted by Gasteiger charge is 2.47. The van der Waals surface area contributed by atoms with E-state index in [2.05, 4.69) is 63.5 Å². The standard InChI is InChI=1S/2C11H17NO/c2*1-4-9-5-10-7(2)8(3)11(13)12(10)6-9/h2*4,7-8,10H,5-6H2,1-3H3/b9-4+;9-4-/t2*7?,8?,10-/m00/s1. The van der Waals surface area contributed by atoms with E-state index in [1.54, 1.807) is 0 Å². The Labute approximate surface area is 158 Å². The van der Waals surface area contributed by atoms with Gasteiger partial charge in [0.25, 0.3) is 0 Å². The summed E-state index contributed by atoms with van der Waals surface area (Å²) in [5.74, 6) is 2.26. The Kier molecular flexibility index (Phi) is 5.32. The van der Waals surface area contributed by atoms with E-state index < -0.39 is 0 Å². The smallest absolute Gasteiger partial charge is 0.226 e. The monoisotopic (exact) mass is 358 g/mol. The molecule has 0 N–H and O–H groups in total. The number of hydrogen-bond donors (Lipinski definition) is 0. The lowest BCUT2D eigenvalue weighted by Gasteiger charge is -2.16. The molecule has 4 aliphatic heterocycles. The van der Waals surface area contributed by atoms with Gasteiger partial charge >= 0.3 is 0 Å². The molecule has 0 radical (unpaired) electrons. The van der Waals surface area contributed by atoms with Gasteiger partial charge in [-0.05, 0) is 38.5 Å². The van der Waals surface area contributed by atoms with E-state index >= 15 is 0 Å². The Balaban J connectivity index is 0.000000151. The van der Waals surface area contributed by atoms with Crippen LogP contribution in [0.4, 0.5) is 0 Å². The number of nitrogens with zero attached hydrogens (tertiary/aromatic N) is 2. The third kappa shape index (κ3) is 3.01. The number of carbonyl (C=O) groups excluding carboxylic acids is 2. The highest BCUT2D eigenvalue weighted by molar-refractivity contribution is 5.83. The molecule has 4 saturated heterocycles. The van der Waals surface area contributed by atoms with Crippen molar-refractivity contribution >= 4 is 11.8 Å². The summed E-state index contributed by atoms with van der Waals surface area (Å²) in [6.07, 6.45) is 6.52. The summed E-state index contributed by atoms with van der Waals surface area (Å²) >= 11 is 0. The number of fused-ring (bicyclic) bond motifs is 2. The fourth-order valence-electron chi connectivity index (χ4n) is 5.04. The van der Waals surface area contributed by atoms with Gasteiger partial charge in [-0.3, -0.25) is 9.59 Å². The van der Waals surface area contributed by atoms with E-state index in [-0.39, 0.29) is 11.8 Å². The molecule has 4 nitrogen and oxygen atoms in total. The SMILES string of the molecule is C/C=C1/C[C@H]2C(C)C(C)C(=O)N2C1.C/C=C1\C[C@H]2C(C)C(C)C(=O)N2C1. The first-order valence-electron chi connectivity index (χ1n) is 10.2. The van der Waals surface area contributed by atoms with Crippen molar-refractivity contribution in [3.8, 4) is 0 Å². The molecule has 4 heterocycles. The molecule has 0 aromatic rings. The lowest BCUT2D eigenvalue weighted by molar-refractivity contribution is -0.131. The third-order valence-corrected chi connectivity index (χ3v) is 7.44. The summed E-state index contributed by atoms with van der Waals surface area (Å²) in [5.41, 5.74) is 2.86. The number of rotatable bonds is 0. The van der Waals surface area contributed by atoms with Gasteiger partial charge in [-0.1, -0.05) is 51.0 Å². The van der Waals surface area contributed by atoms with Gasteiger partial charge in [-0.15, -0.1) is 0 Å². The van der Waals surface area contributed by atoms with Crippen LogP contribution in [0.1, 0.15) is 54.4 Å². The van der Waals surface area contributed by atoms with E-state index in [0.717, 1.165) is 25.9 Å². The van der Waals surface area contributed by atoms with Crippen molar-refractivity contribution in [2.75, 3.05) is 13.1 Å². The fraction of sp³-hybridized carbons (Fsp3) is 0.727. The first kappa shape index (κ1) is 19.2. The Hall–Kier alpha value is -1.58. The molecule has 4 unspecified atom stereocenters. The normalized spacial score (nSPS) is 41.8. The van der Waals surface area contributed by atoms with E-state index in [1.165, 1.54) is 11.1 Å². The lowest BCUT2D eigenvalue weighted by atomic mass is 9.91. The second-order valence-corrected chi connectivity index (χ2v) is 8.66. The van der Waals surface area contributed by atoms with Crippen molar-refractivity contribution < 1.29 is 9.59 Å². The van der Waals surface area contributed by atoms with Crippen LogP contribution in [0, 0.1) is 23.7 Å². The number of amides is 2. The van der Waals surface area contributed by atoms with Crippen LogP contribution in [0.2, 0.25) is 0 Å². The molecule has 2 amide bonds. The zero-order chi connectivity index (χ0) is 19.2. The molecule has 0 saturated carbocycles. The summed E-state index contributed by atoms with van der Waals surface area (Å²) in [4.78, 5) is 27.6. The molecular formula is C22H34N2O2. The minimum atomic E-state index is 0.239. The summed E-state index contributed by atoms with van der Waals surface area (Å²) < 4.78 is 0. The van der Waals surface area contributed by atoms with Crippen molar-refractivity contribution in [1.29, 1.82) is 0 Å². The quantitative estimate of drug-likeness (QED) is 0.620. The minimum Gasteiger partial charge on any atom is -0.335 e. The van der Waals surface area contributed by atoms with Gasteiger partial charge in [-0.2, -0.15) is 0 Å². The average Bonchev–Trinajstić information content (AvgIpc) is 3.36. The van der Waals surface area contributed by atoms with E-state index in [9.17, 15) is 9.59 Å². The molecule has 0 spiro atoms. The van der Waals surface area contributed by atoms with Gasteiger partial charge in [-0.25, -0.2) is 0 Å². The zero-order valence-electron chi connectivity index (χ0n) is 17.2. The Morgan fingerprint density at radius 2 is 1.08 bits per heavy atom. The van der Waals surface area contributed by atoms with Gasteiger partial charge in [0.2, 0.25) is 11.8 Å². The van der Waals surface area contributed by atoms with Crippen LogP contribution in [0.5, 0.6) is 0 Å². The van der Waals surface area contributed by atoms with Crippen molar-refractivity contribution in [3.05, 3.63) is 23.3 Å². The highest BCUT2D eigenvalue weighted by atomic mass is 16.2. The van der Waals surface area contributed by atoms with Gasteiger partial charge in [0.1, 0.15) is 0 Å². The van der Waals surface area contributed by atoms with Crippen molar-refractivity contribution in [3.63, 3.8) is 0 Å². The predicted octanol–water partition coefficient (Wildman–Crippen LogP) is 3.64. The van der Waals surface area contributed by atoms with Crippen molar-refractivity contribution in [2.24, 2.45) is 23.7 Å². The first-order valence-corrected chi connectivity index (χ1v) is 10.2. The predicted molar refractivity (Wildman–Crippen MR) is 104 cm³/mol. The molecule has 6 atom stereocenters. The molecule has 4 aliphatic rings. The summed E-state index contributed by atoms with van der Waals surface area (Å²) in [5, 5.41) is 0. The highest BCUT2D eigenvalue weighted by Crippen LogP contribution is 2.40. The van der Waals surface area contributed by atoms with Gasteiger partial charge < -0.3 is 9.80 Å². The topological polar surface area (TPSA) is 40.6 Å². The lowest BCUT2D eigenvalue weighted by Crippen LogP contribution is -2.28. The van der Waals surface area contributed by atoms with Crippen LogP contribution in [-0.4, -0.2) is 46.8 Å². The first-order chi connectivity index (χ1) is 12.3. The zero-order valence-corrected chi connectivity index (χ0v) is 17.2. The molecule has 0 aromatic heterocycles. The van der Waals surface area contributed by atoms with Gasteiger partial charge in [0, 0.05) is 37.0 Å². The van der Waals surface area contributed by atoms with Crippen LogP contribution in [0.25, 0.3) is 0 Å². The number of allylic oxidation sites excluding steroid dienone is 2. The van der Waals surface area contributed by atoms with E-state index in [0.29, 0.717) is 35.7 Å². The van der Waals surface area contributed by atoms with Crippen molar-refractivity contribution in [1.82, 2.24) is 9.80 Å². The molecule has 0 aromatic carbocycles.